The Bertz CT molecular complexity index is 790. The number of nitrogens with one attached hydrogen (secondary N) is 1. The van der Waals surface area contributed by atoms with E-state index < -0.39 is 0 Å². The van der Waals surface area contributed by atoms with Gasteiger partial charge in [0.05, 0.1) is 33.5 Å². The largest absolute Gasteiger partial charge is 0.493 e. The SMILES string of the molecule is CCOc1ccc(C(c2ccc(OC)c(OC)c2)N2CCNCC2)cc1OCC. The molecule has 1 fully saturated rings. The average molecular weight is 401 g/mol. The fourth-order valence-corrected chi connectivity index (χ4v) is 3.82. The second-order valence-corrected chi connectivity index (χ2v) is 6.88. The molecule has 158 valence electrons. The molecule has 0 bridgehead atoms. The smallest absolute Gasteiger partial charge is 0.161 e. The van der Waals surface area contributed by atoms with E-state index >= 15 is 0 Å². The lowest BCUT2D eigenvalue weighted by molar-refractivity contribution is 0.197. The first kappa shape index (κ1) is 21.3. The quantitative estimate of drug-likeness (QED) is 0.695. The maximum Gasteiger partial charge on any atom is 0.161 e. The molecule has 1 N–H and O–H groups in total. The van der Waals surface area contributed by atoms with E-state index in [-0.39, 0.29) is 6.04 Å². The van der Waals surface area contributed by atoms with E-state index in [4.69, 9.17) is 18.9 Å². The van der Waals surface area contributed by atoms with Crippen LogP contribution in [-0.4, -0.2) is 58.5 Å². The number of ether oxygens (including phenoxy) is 4. The third kappa shape index (κ3) is 4.95. The lowest BCUT2D eigenvalue weighted by Gasteiger charge is -2.36. The number of hydrogen-bond donors (Lipinski definition) is 1. The molecule has 6 nitrogen and oxygen atoms in total. The molecule has 0 radical (unpaired) electrons. The molecule has 0 aromatic heterocycles. The van der Waals surface area contributed by atoms with Crippen molar-refractivity contribution in [2.75, 3.05) is 53.6 Å². The minimum Gasteiger partial charge on any atom is -0.493 e. The molecule has 0 spiro atoms. The fraction of sp³-hybridized carbons (Fsp3) is 0.478. The van der Waals surface area contributed by atoms with Gasteiger partial charge in [-0.2, -0.15) is 0 Å². The molecule has 1 saturated heterocycles. The summed E-state index contributed by atoms with van der Waals surface area (Å²) in [6, 6.07) is 12.5. The molecule has 1 heterocycles. The van der Waals surface area contributed by atoms with Gasteiger partial charge in [-0.05, 0) is 49.2 Å². The van der Waals surface area contributed by atoms with Crippen LogP contribution in [0.15, 0.2) is 36.4 Å². The van der Waals surface area contributed by atoms with Gasteiger partial charge in [-0.1, -0.05) is 12.1 Å². The van der Waals surface area contributed by atoms with Crippen molar-refractivity contribution >= 4 is 0 Å². The van der Waals surface area contributed by atoms with Gasteiger partial charge in [0.25, 0.3) is 0 Å². The first-order valence-corrected chi connectivity index (χ1v) is 10.3. The number of nitrogens with zero attached hydrogens (tertiary/aromatic N) is 1. The summed E-state index contributed by atoms with van der Waals surface area (Å²) < 4.78 is 22.6. The molecule has 0 saturated carbocycles. The number of methoxy groups -OCH3 is 2. The minimum absolute atomic E-state index is 0.0896. The van der Waals surface area contributed by atoms with Gasteiger partial charge >= 0.3 is 0 Å². The van der Waals surface area contributed by atoms with Crippen LogP contribution in [0.3, 0.4) is 0 Å². The Balaban J connectivity index is 2.05. The van der Waals surface area contributed by atoms with Gasteiger partial charge in [0, 0.05) is 26.2 Å². The van der Waals surface area contributed by atoms with Crippen molar-refractivity contribution in [3.63, 3.8) is 0 Å². The first-order chi connectivity index (χ1) is 14.2. The third-order valence-corrected chi connectivity index (χ3v) is 5.12. The van der Waals surface area contributed by atoms with Gasteiger partial charge in [0.15, 0.2) is 23.0 Å². The first-order valence-electron chi connectivity index (χ1n) is 10.3. The molecule has 6 heteroatoms. The van der Waals surface area contributed by atoms with Crippen molar-refractivity contribution in [1.82, 2.24) is 10.2 Å². The van der Waals surface area contributed by atoms with Gasteiger partial charge < -0.3 is 24.3 Å². The van der Waals surface area contributed by atoms with Crippen molar-refractivity contribution in [2.45, 2.75) is 19.9 Å². The van der Waals surface area contributed by atoms with E-state index in [0.29, 0.717) is 13.2 Å². The number of piperazine rings is 1. The molecule has 0 aliphatic carbocycles. The zero-order valence-corrected chi connectivity index (χ0v) is 17.9. The zero-order valence-electron chi connectivity index (χ0n) is 17.9. The Labute approximate surface area is 173 Å². The van der Waals surface area contributed by atoms with E-state index in [1.54, 1.807) is 14.2 Å². The van der Waals surface area contributed by atoms with Crippen LogP contribution < -0.4 is 24.3 Å². The summed E-state index contributed by atoms with van der Waals surface area (Å²) in [4.78, 5) is 2.49. The summed E-state index contributed by atoms with van der Waals surface area (Å²) in [5.74, 6) is 3.04. The Morgan fingerprint density at radius 2 is 1.34 bits per heavy atom. The molecular weight excluding hydrogens is 368 g/mol. The Morgan fingerprint density at radius 1 is 0.793 bits per heavy atom. The van der Waals surface area contributed by atoms with Crippen molar-refractivity contribution in [3.05, 3.63) is 47.5 Å². The molecule has 2 aromatic carbocycles. The predicted octanol–water partition coefficient (Wildman–Crippen LogP) is 3.50. The van der Waals surface area contributed by atoms with Crippen LogP contribution >= 0.6 is 0 Å². The van der Waals surface area contributed by atoms with Gasteiger partial charge in [-0.3, -0.25) is 4.90 Å². The number of rotatable bonds is 9. The van der Waals surface area contributed by atoms with Crippen LogP contribution in [0.5, 0.6) is 23.0 Å². The Kier molecular flexibility index (Phi) is 7.61. The van der Waals surface area contributed by atoms with Crippen LogP contribution in [0.25, 0.3) is 0 Å². The molecule has 1 aliphatic rings. The fourth-order valence-electron chi connectivity index (χ4n) is 3.82. The highest BCUT2D eigenvalue weighted by Gasteiger charge is 2.26. The second-order valence-electron chi connectivity index (χ2n) is 6.88. The van der Waals surface area contributed by atoms with E-state index in [2.05, 4.69) is 34.5 Å². The van der Waals surface area contributed by atoms with E-state index in [0.717, 1.165) is 54.7 Å². The van der Waals surface area contributed by atoms with E-state index in [1.165, 1.54) is 5.56 Å². The van der Waals surface area contributed by atoms with Gasteiger partial charge in [-0.25, -0.2) is 0 Å². The molecule has 1 unspecified atom stereocenters. The van der Waals surface area contributed by atoms with Gasteiger partial charge in [-0.15, -0.1) is 0 Å². The number of benzene rings is 2. The molecule has 1 atom stereocenters. The van der Waals surface area contributed by atoms with E-state index in [9.17, 15) is 0 Å². The maximum absolute atomic E-state index is 5.88. The highest BCUT2D eigenvalue weighted by molar-refractivity contribution is 5.49. The molecule has 29 heavy (non-hydrogen) atoms. The average Bonchev–Trinajstić information content (AvgIpc) is 2.76. The van der Waals surface area contributed by atoms with Crippen molar-refractivity contribution < 1.29 is 18.9 Å². The Hall–Kier alpha value is -2.44. The van der Waals surface area contributed by atoms with Crippen LogP contribution in [0, 0.1) is 0 Å². The summed E-state index contributed by atoms with van der Waals surface area (Å²) in [6.45, 7) is 9.06. The van der Waals surface area contributed by atoms with Crippen molar-refractivity contribution in [3.8, 4) is 23.0 Å². The summed E-state index contributed by atoms with van der Waals surface area (Å²) in [7, 11) is 3.33. The van der Waals surface area contributed by atoms with Crippen molar-refractivity contribution in [2.24, 2.45) is 0 Å². The normalized spacial score (nSPS) is 15.6. The molecule has 1 aliphatic heterocycles. The predicted molar refractivity (Wildman–Crippen MR) is 115 cm³/mol. The molecule has 3 rings (SSSR count). The topological polar surface area (TPSA) is 52.2 Å². The molecule has 0 amide bonds. The van der Waals surface area contributed by atoms with Gasteiger partial charge in [0.2, 0.25) is 0 Å². The van der Waals surface area contributed by atoms with Crippen LogP contribution in [0.1, 0.15) is 31.0 Å². The summed E-state index contributed by atoms with van der Waals surface area (Å²) in [6.07, 6.45) is 0. The van der Waals surface area contributed by atoms with Crippen molar-refractivity contribution in [1.29, 1.82) is 0 Å². The monoisotopic (exact) mass is 400 g/mol. The molecular formula is C23H32N2O4. The highest BCUT2D eigenvalue weighted by Crippen LogP contribution is 2.38. The third-order valence-electron chi connectivity index (χ3n) is 5.12. The number of hydrogen-bond acceptors (Lipinski definition) is 6. The van der Waals surface area contributed by atoms with Crippen LogP contribution in [-0.2, 0) is 0 Å². The molecule has 2 aromatic rings. The van der Waals surface area contributed by atoms with Crippen LogP contribution in [0.2, 0.25) is 0 Å². The highest BCUT2D eigenvalue weighted by atomic mass is 16.5. The van der Waals surface area contributed by atoms with Gasteiger partial charge in [0.1, 0.15) is 0 Å². The maximum atomic E-state index is 5.88. The van der Waals surface area contributed by atoms with Crippen LogP contribution in [0.4, 0.5) is 0 Å². The summed E-state index contributed by atoms with van der Waals surface area (Å²) in [5, 5.41) is 3.44. The summed E-state index contributed by atoms with van der Waals surface area (Å²) >= 11 is 0. The lowest BCUT2D eigenvalue weighted by Crippen LogP contribution is -2.45. The minimum atomic E-state index is 0.0896. The van der Waals surface area contributed by atoms with E-state index in [1.807, 2.05) is 26.0 Å². The Morgan fingerprint density at radius 3 is 1.93 bits per heavy atom. The summed E-state index contributed by atoms with van der Waals surface area (Å²) in [5.41, 5.74) is 2.34. The second kappa shape index (κ2) is 10.4. The zero-order chi connectivity index (χ0) is 20.6. The lowest BCUT2D eigenvalue weighted by atomic mass is 9.95. The standard InChI is InChI=1S/C23H32N2O4/c1-5-28-20-10-8-18(16-22(20)29-6-2)23(25-13-11-24-12-14-25)17-7-9-19(26-3)21(15-17)27-4/h7-10,15-16,23-24H,5-6,11-14H2,1-4H3.